The highest BCUT2D eigenvalue weighted by atomic mass is 16.2. The zero-order valence-electron chi connectivity index (χ0n) is 15.1. The molecule has 1 fully saturated rings. The van der Waals surface area contributed by atoms with Crippen molar-refractivity contribution >= 4 is 11.8 Å². The van der Waals surface area contributed by atoms with Gasteiger partial charge in [-0.1, -0.05) is 24.3 Å². The number of carbonyl (C=O) groups excluding carboxylic acids is 2. The van der Waals surface area contributed by atoms with Crippen molar-refractivity contribution in [3.8, 4) is 0 Å². The first kappa shape index (κ1) is 18.1. The first-order chi connectivity index (χ1) is 12.5. The van der Waals surface area contributed by atoms with Crippen molar-refractivity contribution in [2.75, 3.05) is 13.1 Å². The summed E-state index contributed by atoms with van der Waals surface area (Å²) >= 11 is 0. The van der Waals surface area contributed by atoms with Crippen LogP contribution in [0, 0.1) is 13.8 Å². The number of rotatable bonds is 6. The molecule has 1 atom stereocenters. The van der Waals surface area contributed by atoms with Crippen molar-refractivity contribution in [3.63, 3.8) is 0 Å². The van der Waals surface area contributed by atoms with Crippen LogP contribution in [-0.2, 0) is 22.7 Å². The summed E-state index contributed by atoms with van der Waals surface area (Å²) in [5.74, 6) is 0.934. The summed E-state index contributed by atoms with van der Waals surface area (Å²) in [6.07, 6.45) is 0.112. The first-order valence-corrected chi connectivity index (χ1v) is 8.74. The summed E-state index contributed by atoms with van der Waals surface area (Å²) in [5, 5.41) is 12.4. The van der Waals surface area contributed by atoms with E-state index in [0.717, 1.165) is 6.54 Å². The number of aromatic amines is 1. The van der Waals surface area contributed by atoms with E-state index in [1.165, 1.54) is 11.1 Å². The number of nitrogens with zero attached hydrogens (tertiary/aromatic N) is 3. The van der Waals surface area contributed by atoms with Crippen LogP contribution in [0.1, 0.15) is 29.2 Å². The molecule has 0 saturated carbocycles. The van der Waals surface area contributed by atoms with Crippen molar-refractivity contribution in [2.45, 2.75) is 39.4 Å². The predicted octanol–water partition coefficient (Wildman–Crippen LogP) is 0.428. The van der Waals surface area contributed by atoms with Crippen molar-refractivity contribution < 1.29 is 9.59 Å². The van der Waals surface area contributed by atoms with E-state index >= 15 is 0 Å². The molecule has 0 spiro atoms. The summed E-state index contributed by atoms with van der Waals surface area (Å²) < 4.78 is 0. The maximum Gasteiger partial charge on any atom is 0.237 e. The zero-order valence-corrected chi connectivity index (χ0v) is 15.1. The molecule has 1 aromatic carbocycles. The Balaban J connectivity index is 1.61. The Morgan fingerprint density at radius 2 is 2.15 bits per heavy atom. The van der Waals surface area contributed by atoms with Gasteiger partial charge in [-0.15, -0.1) is 0 Å². The number of piperazine rings is 1. The summed E-state index contributed by atoms with van der Waals surface area (Å²) in [4.78, 5) is 30.9. The number of hydrogen-bond donors (Lipinski definition) is 3. The van der Waals surface area contributed by atoms with Crippen LogP contribution >= 0.6 is 0 Å². The van der Waals surface area contributed by atoms with Crippen LogP contribution in [0.2, 0.25) is 0 Å². The van der Waals surface area contributed by atoms with Crippen LogP contribution < -0.4 is 10.6 Å². The second-order valence-corrected chi connectivity index (χ2v) is 6.52. The van der Waals surface area contributed by atoms with Gasteiger partial charge in [-0.3, -0.25) is 19.6 Å². The van der Waals surface area contributed by atoms with Crippen molar-refractivity contribution in [3.05, 3.63) is 47.0 Å². The molecule has 0 aliphatic carbocycles. The monoisotopic (exact) mass is 356 g/mol. The van der Waals surface area contributed by atoms with Gasteiger partial charge in [0.15, 0.2) is 5.82 Å². The second-order valence-electron chi connectivity index (χ2n) is 6.52. The van der Waals surface area contributed by atoms with E-state index in [1.54, 1.807) is 6.92 Å². The molecule has 1 aromatic heterocycles. The third-order valence-corrected chi connectivity index (χ3v) is 4.54. The summed E-state index contributed by atoms with van der Waals surface area (Å²) in [5.41, 5.74) is 2.35. The number of H-pyrrole nitrogens is 1. The third-order valence-electron chi connectivity index (χ3n) is 4.54. The van der Waals surface area contributed by atoms with E-state index in [9.17, 15) is 9.59 Å². The van der Waals surface area contributed by atoms with Crippen LogP contribution in [-0.4, -0.2) is 51.0 Å². The number of benzene rings is 1. The van der Waals surface area contributed by atoms with Gasteiger partial charge < -0.3 is 10.6 Å². The number of hydrogen-bond acceptors (Lipinski definition) is 5. The highest BCUT2D eigenvalue weighted by Crippen LogP contribution is 2.16. The van der Waals surface area contributed by atoms with Crippen molar-refractivity contribution in [1.82, 2.24) is 30.7 Å². The minimum atomic E-state index is -0.475. The molecule has 0 radical (unpaired) electrons. The fourth-order valence-electron chi connectivity index (χ4n) is 3.07. The number of aromatic nitrogens is 3. The first-order valence-electron chi connectivity index (χ1n) is 8.74. The maximum absolute atomic E-state index is 12.3. The summed E-state index contributed by atoms with van der Waals surface area (Å²) in [6.45, 7) is 6.07. The quantitative estimate of drug-likeness (QED) is 0.696. The minimum Gasteiger partial charge on any atom is -0.353 e. The van der Waals surface area contributed by atoms with Gasteiger partial charge in [-0.05, 0) is 25.0 Å². The van der Waals surface area contributed by atoms with Gasteiger partial charge in [0.05, 0.1) is 19.0 Å². The molecule has 26 heavy (non-hydrogen) atoms. The molecule has 2 amide bonds. The molecule has 8 nitrogen and oxygen atoms in total. The topological polar surface area (TPSA) is 103 Å². The lowest BCUT2D eigenvalue weighted by atomic mass is 10.0. The fourth-order valence-corrected chi connectivity index (χ4v) is 3.07. The Morgan fingerprint density at radius 3 is 2.88 bits per heavy atom. The Bertz CT molecular complexity index is 787. The van der Waals surface area contributed by atoms with E-state index in [4.69, 9.17) is 0 Å². The predicted molar refractivity (Wildman–Crippen MR) is 96.0 cm³/mol. The molecular formula is C18H24N6O2. The SMILES string of the molecule is Cc1nc(CNC(=O)C[C@@H]2C(=O)NCCN2Cc2ccccc2C)n[nH]1. The lowest BCUT2D eigenvalue weighted by Gasteiger charge is -2.35. The molecule has 1 saturated heterocycles. The van der Waals surface area contributed by atoms with Crippen molar-refractivity contribution in [1.29, 1.82) is 0 Å². The van der Waals surface area contributed by atoms with Crippen LogP contribution in [0.15, 0.2) is 24.3 Å². The van der Waals surface area contributed by atoms with Gasteiger partial charge in [-0.2, -0.15) is 5.10 Å². The van der Waals surface area contributed by atoms with E-state index < -0.39 is 6.04 Å². The number of carbonyl (C=O) groups is 2. The van der Waals surface area contributed by atoms with Gasteiger partial charge in [0, 0.05) is 19.6 Å². The van der Waals surface area contributed by atoms with Crippen LogP contribution in [0.25, 0.3) is 0 Å². The van der Waals surface area contributed by atoms with Gasteiger partial charge in [0.25, 0.3) is 0 Å². The lowest BCUT2D eigenvalue weighted by Crippen LogP contribution is -2.56. The van der Waals surface area contributed by atoms with Crippen LogP contribution in [0.4, 0.5) is 0 Å². The van der Waals surface area contributed by atoms with Gasteiger partial charge in [0.1, 0.15) is 5.82 Å². The Kier molecular flexibility index (Phi) is 5.62. The molecular weight excluding hydrogens is 332 g/mol. The Morgan fingerprint density at radius 1 is 1.35 bits per heavy atom. The molecule has 8 heteroatoms. The Hall–Kier alpha value is -2.74. The van der Waals surface area contributed by atoms with Gasteiger partial charge >= 0.3 is 0 Å². The van der Waals surface area contributed by atoms with Gasteiger partial charge in [0.2, 0.25) is 11.8 Å². The lowest BCUT2D eigenvalue weighted by molar-refractivity contribution is -0.134. The summed E-state index contributed by atoms with van der Waals surface area (Å²) in [7, 11) is 0. The molecule has 1 aliphatic rings. The maximum atomic E-state index is 12.3. The number of nitrogens with one attached hydrogen (secondary N) is 3. The smallest absolute Gasteiger partial charge is 0.237 e. The summed E-state index contributed by atoms with van der Waals surface area (Å²) in [6, 6.07) is 7.63. The van der Waals surface area contributed by atoms with Gasteiger partial charge in [-0.25, -0.2) is 4.98 Å². The second kappa shape index (κ2) is 8.09. The van der Waals surface area contributed by atoms with Crippen LogP contribution in [0.3, 0.4) is 0 Å². The third kappa shape index (κ3) is 4.45. The normalized spacial score (nSPS) is 17.8. The highest BCUT2D eigenvalue weighted by molar-refractivity contribution is 5.88. The average molecular weight is 356 g/mol. The number of aryl methyl sites for hydroxylation is 2. The minimum absolute atomic E-state index is 0.103. The molecule has 138 valence electrons. The molecule has 2 aromatic rings. The van der Waals surface area contributed by atoms with E-state index in [-0.39, 0.29) is 24.8 Å². The fraction of sp³-hybridized carbons (Fsp3) is 0.444. The van der Waals surface area contributed by atoms with E-state index in [2.05, 4.69) is 49.8 Å². The van der Waals surface area contributed by atoms with E-state index in [1.807, 2.05) is 12.1 Å². The van der Waals surface area contributed by atoms with Crippen LogP contribution in [0.5, 0.6) is 0 Å². The highest BCUT2D eigenvalue weighted by Gasteiger charge is 2.31. The largest absolute Gasteiger partial charge is 0.353 e. The molecule has 3 N–H and O–H groups in total. The average Bonchev–Trinajstić information content (AvgIpc) is 3.03. The number of amides is 2. The molecule has 0 unspecified atom stereocenters. The van der Waals surface area contributed by atoms with E-state index in [0.29, 0.717) is 24.7 Å². The molecule has 0 bridgehead atoms. The Labute approximate surface area is 152 Å². The standard InChI is InChI=1S/C18H24N6O2/c1-12-5-3-4-6-14(12)11-24-8-7-19-18(26)15(24)9-17(25)20-10-16-21-13(2)22-23-16/h3-6,15H,7-11H2,1-2H3,(H,19,26)(H,20,25)(H,21,22,23)/t15-/m1/s1. The molecule has 2 heterocycles. The van der Waals surface area contributed by atoms with Crippen molar-refractivity contribution in [2.24, 2.45) is 0 Å². The molecule has 3 rings (SSSR count). The zero-order chi connectivity index (χ0) is 18.5. The molecule has 1 aliphatic heterocycles.